The summed E-state index contributed by atoms with van der Waals surface area (Å²) in [5.74, 6) is 0.150. The van der Waals surface area contributed by atoms with Crippen LogP contribution < -0.4 is 10.6 Å². The number of carbonyl (C=O) groups excluding carboxylic acids is 2. The van der Waals surface area contributed by atoms with Crippen molar-refractivity contribution in [1.82, 2.24) is 15.5 Å². The fourth-order valence-corrected chi connectivity index (χ4v) is 7.01. The van der Waals surface area contributed by atoms with Crippen LogP contribution in [-0.2, 0) is 14.4 Å². The number of halogens is 1. The van der Waals surface area contributed by atoms with E-state index in [1.165, 1.54) is 63.1 Å². The molecule has 2 heterocycles. The predicted molar refractivity (Wildman–Crippen MR) is 144 cm³/mol. The summed E-state index contributed by atoms with van der Waals surface area (Å²) < 4.78 is 13.7. The van der Waals surface area contributed by atoms with Crippen molar-refractivity contribution in [2.45, 2.75) is 83.1 Å². The molecule has 3 aliphatic rings. The molecule has 210 valence electrons. The van der Waals surface area contributed by atoms with Crippen molar-refractivity contribution in [3.8, 4) is 0 Å². The van der Waals surface area contributed by atoms with E-state index < -0.39 is 23.7 Å². The van der Waals surface area contributed by atoms with Crippen LogP contribution in [0, 0.1) is 29.5 Å². The quantitative estimate of drug-likeness (QED) is 0.383. The van der Waals surface area contributed by atoms with Gasteiger partial charge in [0.15, 0.2) is 0 Å². The largest absolute Gasteiger partial charge is 0.481 e. The number of nitrogens with zero attached hydrogens (tertiary/aromatic N) is 1. The number of nitrogens with one attached hydrogen (secondary N) is 2. The van der Waals surface area contributed by atoms with E-state index in [1.807, 2.05) is 0 Å². The van der Waals surface area contributed by atoms with Crippen molar-refractivity contribution in [3.05, 3.63) is 35.6 Å². The lowest BCUT2D eigenvalue weighted by atomic mass is 9.72. The second-order valence-electron chi connectivity index (χ2n) is 11.6. The maximum atomic E-state index is 13.7. The molecule has 0 radical (unpaired) electrons. The molecule has 7 nitrogen and oxygen atoms in total. The van der Waals surface area contributed by atoms with Crippen LogP contribution >= 0.6 is 0 Å². The average Bonchev–Trinajstić information content (AvgIpc) is 3.18. The van der Waals surface area contributed by atoms with Gasteiger partial charge in [0.05, 0.1) is 19.0 Å². The van der Waals surface area contributed by atoms with Crippen LogP contribution in [0.2, 0.25) is 0 Å². The average molecular weight is 530 g/mol. The lowest BCUT2D eigenvalue weighted by Gasteiger charge is -2.39. The third-order valence-electron chi connectivity index (χ3n) is 9.01. The van der Waals surface area contributed by atoms with Crippen molar-refractivity contribution in [3.63, 3.8) is 0 Å². The van der Waals surface area contributed by atoms with E-state index in [0.717, 1.165) is 44.7 Å². The number of aliphatic carboxylic acids is 1. The smallest absolute Gasteiger partial charge is 0.305 e. The van der Waals surface area contributed by atoms with E-state index in [1.54, 1.807) is 11.0 Å². The Labute approximate surface area is 225 Å². The SMILES string of the molecule is O=C(O)CC(NC(=O)CN1CCCC(CCC2CCNCC2C2CCCCCC2)C1=O)c1cccc(F)c1. The highest BCUT2D eigenvalue weighted by Crippen LogP contribution is 2.38. The van der Waals surface area contributed by atoms with Gasteiger partial charge in [0, 0.05) is 12.5 Å². The zero-order valence-electron chi connectivity index (χ0n) is 22.5. The molecule has 3 N–H and O–H groups in total. The monoisotopic (exact) mass is 529 g/mol. The second-order valence-corrected chi connectivity index (χ2v) is 11.6. The molecule has 0 aromatic heterocycles. The maximum Gasteiger partial charge on any atom is 0.305 e. The molecule has 1 aromatic carbocycles. The van der Waals surface area contributed by atoms with E-state index >= 15 is 0 Å². The third kappa shape index (κ3) is 8.01. The molecule has 4 atom stereocenters. The Bertz CT molecular complexity index is 949. The zero-order chi connectivity index (χ0) is 26.9. The van der Waals surface area contributed by atoms with Gasteiger partial charge in [-0.15, -0.1) is 0 Å². The first-order chi connectivity index (χ1) is 18.4. The second kappa shape index (κ2) is 14.1. The van der Waals surface area contributed by atoms with E-state index in [0.29, 0.717) is 23.9 Å². The molecule has 1 aromatic rings. The Morgan fingerprint density at radius 2 is 1.87 bits per heavy atom. The molecule has 1 saturated carbocycles. The van der Waals surface area contributed by atoms with Gasteiger partial charge < -0.3 is 20.6 Å². The molecule has 1 aliphatic carbocycles. The highest BCUT2D eigenvalue weighted by Gasteiger charge is 2.35. The summed E-state index contributed by atoms with van der Waals surface area (Å²) in [6, 6.07) is 4.75. The summed E-state index contributed by atoms with van der Waals surface area (Å²) in [7, 11) is 0. The van der Waals surface area contributed by atoms with Crippen LogP contribution in [0.15, 0.2) is 24.3 Å². The molecule has 0 bridgehead atoms. The first kappa shape index (κ1) is 28.5. The maximum absolute atomic E-state index is 13.7. The first-order valence-corrected chi connectivity index (χ1v) is 14.7. The highest BCUT2D eigenvalue weighted by atomic mass is 19.1. The minimum atomic E-state index is -1.09. The van der Waals surface area contributed by atoms with Gasteiger partial charge in [-0.1, -0.05) is 50.7 Å². The molecule has 8 heteroatoms. The third-order valence-corrected chi connectivity index (χ3v) is 9.01. The van der Waals surface area contributed by atoms with Crippen molar-refractivity contribution in [2.24, 2.45) is 23.7 Å². The first-order valence-electron chi connectivity index (χ1n) is 14.7. The van der Waals surface area contributed by atoms with Crippen LogP contribution in [0.1, 0.15) is 88.7 Å². The molecule has 0 spiro atoms. The minimum absolute atomic E-state index is 0.0342. The van der Waals surface area contributed by atoms with Gasteiger partial charge in [-0.05, 0) is 80.6 Å². The Morgan fingerprint density at radius 3 is 2.61 bits per heavy atom. The molecule has 2 aliphatic heterocycles. The zero-order valence-corrected chi connectivity index (χ0v) is 22.5. The lowest BCUT2D eigenvalue weighted by molar-refractivity contribution is -0.143. The summed E-state index contributed by atoms with van der Waals surface area (Å²) in [4.78, 5) is 39.2. The number of amides is 2. The van der Waals surface area contributed by atoms with Crippen LogP contribution in [0.4, 0.5) is 4.39 Å². The van der Waals surface area contributed by atoms with Crippen LogP contribution in [0.5, 0.6) is 0 Å². The fraction of sp³-hybridized carbons (Fsp3) is 0.700. The number of benzene rings is 1. The van der Waals surface area contributed by atoms with Crippen LogP contribution in [0.25, 0.3) is 0 Å². The van der Waals surface area contributed by atoms with E-state index in [9.17, 15) is 23.9 Å². The molecule has 3 fully saturated rings. The van der Waals surface area contributed by atoms with Gasteiger partial charge in [-0.2, -0.15) is 0 Å². The number of piperidine rings is 2. The van der Waals surface area contributed by atoms with E-state index in [2.05, 4.69) is 10.6 Å². The standard InChI is InChI=1S/C30H44FN3O4/c31-25-11-5-9-24(17-25)27(18-29(36)37)33-28(35)20-34-16-6-10-23(30(34)38)13-12-22-14-15-32-19-26(22)21-7-3-1-2-4-8-21/h5,9,11,17,21-23,26-27,32H,1-4,6-8,10,12-16,18-20H2,(H,33,35)(H,36,37). The van der Waals surface area contributed by atoms with E-state index in [-0.39, 0.29) is 24.8 Å². The number of hydrogen-bond donors (Lipinski definition) is 3. The minimum Gasteiger partial charge on any atom is -0.481 e. The molecule has 4 rings (SSSR count). The lowest BCUT2D eigenvalue weighted by Crippen LogP contribution is -2.47. The number of carboxylic acids is 1. The van der Waals surface area contributed by atoms with Gasteiger partial charge in [0.25, 0.3) is 0 Å². The summed E-state index contributed by atoms with van der Waals surface area (Å²) >= 11 is 0. The summed E-state index contributed by atoms with van der Waals surface area (Å²) in [5, 5.41) is 15.6. The number of hydrogen-bond acceptors (Lipinski definition) is 4. The molecular formula is C30H44FN3O4. The highest BCUT2D eigenvalue weighted by molar-refractivity contribution is 5.86. The van der Waals surface area contributed by atoms with Crippen molar-refractivity contribution >= 4 is 17.8 Å². The molecular weight excluding hydrogens is 485 g/mol. The van der Waals surface area contributed by atoms with Gasteiger partial charge in [0.1, 0.15) is 5.82 Å². The topological polar surface area (TPSA) is 98.7 Å². The Kier molecular flexibility index (Phi) is 10.6. The van der Waals surface area contributed by atoms with Gasteiger partial charge in [-0.25, -0.2) is 4.39 Å². The predicted octanol–water partition coefficient (Wildman–Crippen LogP) is 4.67. The fourth-order valence-electron chi connectivity index (χ4n) is 7.01. The summed E-state index contributed by atoms with van der Waals surface area (Å²) in [6.07, 6.45) is 12.6. The molecule has 38 heavy (non-hydrogen) atoms. The summed E-state index contributed by atoms with van der Waals surface area (Å²) in [6.45, 7) is 2.59. The number of carboxylic acid groups (broad SMARTS) is 1. The molecule has 2 saturated heterocycles. The number of likely N-dealkylation sites (tertiary alicyclic amines) is 1. The van der Waals surface area contributed by atoms with Gasteiger partial charge in [-0.3, -0.25) is 14.4 Å². The molecule has 4 unspecified atom stereocenters. The van der Waals surface area contributed by atoms with Crippen molar-refractivity contribution < 1.29 is 23.9 Å². The van der Waals surface area contributed by atoms with Gasteiger partial charge in [0.2, 0.25) is 11.8 Å². The van der Waals surface area contributed by atoms with Crippen LogP contribution in [0.3, 0.4) is 0 Å². The van der Waals surface area contributed by atoms with Crippen molar-refractivity contribution in [1.29, 1.82) is 0 Å². The van der Waals surface area contributed by atoms with Crippen LogP contribution in [-0.4, -0.2) is 54.0 Å². The number of carbonyl (C=O) groups is 3. The normalized spacial score (nSPS) is 26.0. The van der Waals surface area contributed by atoms with E-state index in [4.69, 9.17) is 0 Å². The number of rotatable bonds is 10. The van der Waals surface area contributed by atoms with Crippen molar-refractivity contribution in [2.75, 3.05) is 26.2 Å². The van der Waals surface area contributed by atoms with Gasteiger partial charge >= 0.3 is 5.97 Å². The Hall–Kier alpha value is -2.48. The molecule has 2 amide bonds. The Balaban J connectivity index is 1.31. The summed E-state index contributed by atoms with van der Waals surface area (Å²) in [5.41, 5.74) is 0.397. The Morgan fingerprint density at radius 1 is 1.08 bits per heavy atom.